The number of aliphatic hydroxyl groups is 1. The van der Waals surface area contributed by atoms with Crippen LogP contribution in [0.25, 0.3) is 0 Å². The van der Waals surface area contributed by atoms with Crippen LogP contribution in [0.15, 0.2) is 43.0 Å². The number of hydrogen-bond donors (Lipinski definition) is 1. The molecule has 5 heteroatoms. The lowest BCUT2D eigenvalue weighted by Crippen LogP contribution is -2.45. The van der Waals surface area contributed by atoms with Crippen molar-refractivity contribution in [2.45, 2.75) is 31.9 Å². The predicted octanol–water partition coefficient (Wildman–Crippen LogP) is 2.15. The van der Waals surface area contributed by atoms with Crippen molar-refractivity contribution in [3.05, 3.63) is 48.6 Å². The second kappa shape index (κ2) is 7.22. The largest absolute Gasteiger partial charge is 0.447 e. The lowest BCUT2D eigenvalue weighted by molar-refractivity contribution is -0.136. The molecule has 0 unspecified atom stereocenters. The van der Waals surface area contributed by atoms with Crippen molar-refractivity contribution < 1.29 is 19.4 Å². The van der Waals surface area contributed by atoms with E-state index in [4.69, 9.17) is 4.74 Å². The average molecular weight is 303 g/mol. The molecule has 1 saturated heterocycles. The van der Waals surface area contributed by atoms with Crippen molar-refractivity contribution in [1.29, 1.82) is 0 Å². The van der Waals surface area contributed by atoms with Gasteiger partial charge < -0.3 is 9.84 Å². The average Bonchev–Trinajstić information content (AvgIpc) is 2.87. The van der Waals surface area contributed by atoms with E-state index in [0.29, 0.717) is 12.8 Å². The molecule has 0 spiro atoms. The first kappa shape index (κ1) is 16.2. The van der Waals surface area contributed by atoms with E-state index in [1.54, 1.807) is 13.0 Å². The first-order valence-corrected chi connectivity index (χ1v) is 7.37. The lowest BCUT2D eigenvalue weighted by Gasteiger charge is -2.25. The standard InChI is InChI=1S/C17H21NO4/c1-3-7-15(19)12(2)16(20)18-14(11-22-17(18)21)10-13-8-5-4-6-9-13/h3-6,8-9,12,14-15,19H,1,7,10-11H2,2H3/t12-,14-,15+/m0/s1. The van der Waals surface area contributed by atoms with E-state index in [1.807, 2.05) is 30.3 Å². The summed E-state index contributed by atoms with van der Waals surface area (Å²) in [5.74, 6) is -1.08. The van der Waals surface area contributed by atoms with Gasteiger partial charge in [-0.25, -0.2) is 9.69 Å². The number of cyclic esters (lactones) is 1. The fourth-order valence-electron chi connectivity index (χ4n) is 2.53. The van der Waals surface area contributed by atoms with E-state index >= 15 is 0 Å². The van der Waals surface area contributed by atoms with Crippen LogP contribution in [0, 0.1) is 5.92 Å². The Hall–Kier alpha value is -2.14. The van der Waals surface area contributed by atoms with Crippen molar-refractivity contribution in [3.63, 3.8) is 0 Å². The molecule has 0 aliphatic carbocycles. The number of carbonyl (C=O) groups excluding carboxylic acids is 2. The fraction of sp³-hybridized carbons (Fsp3) is 0.412. The van der Waals surface area contributed by atoms with Gasteiger partial charge in [-0.1, -0.05) is 43.3 Å². The Morgan fingerprint density at radius 3 is 2.82 bits per heavy atom. The molecule has 1 aliphatic heterocycles. The summed E-state index contributed by atoms with van der Waals surface area (Å²) in [5.41, 5.74) is 1.03. The molecule has 22 heavy (non-hydrogen) atoms. The van der Waals surface area contributed by atoms with Gasteiger partial charge in [0, 0.05) is 0 Å². The third-order valence-electron chi connectivity index (χ3n) is 3.89. The minimum absolute atomic E-state index is 0.184. The maximum absolute atomic E-state index is 12.5. The second-order valence-electron chi connectivity index (χ2n) is 5.51. The fourth-order valence-corrected chi connectivity index (χ4v) is 2.53. The van der Waals surface area contributed by atoms with Crippen LogP contribution in [-0.4, -0.2) is 40.8 Å². The zero-order chi connectivity index (χ0) is 16.1. The number of aliphatic hydroxyl groups excluding tert-OH is 1. The molecule has 1 aromatic rings. The molecule has 0 radical (unpaired) electrons. The van der Waals surface area contributed by atoms with E-state index in [1.165, 1.54) is 0 Å². The summed E-state index contributed by atoms with van der Waals surface area (Å²) in [6, 6.07) is 9.30. The minimum atomic E-state index is -0.851. The zero-order valence-electron chi connectivity index (χ0n) is 12.6. The summed E-state index contributed by atoms with van der Waals surface area (Å²) in [4.78, 5) is 25.5. The Morgan fingerprint density at radius 1 is 1.50 bits per heavy atom. The van der Waals surface area contributed by atoms with Gasteiger partial charge in [-0.05, 0) is 18.4 Å². The van der Waals surface area contributed by atoms with E-state index in [9.17, 15) is 14.7 Å². The number of nitrogens with zero attached hydrogens (tertiary/aromatic N) is 1. The molecular formula is C17H21NO4. The number of carbonyl (C=O) groups is 2. The van der Waals surface area contributed by atoms with Gasteiger partial charge in [0.05, 0.1) is 18.1 Å². The summed E-state index contributed by atoms with van der Waals surface area (Å²) in [5, 5.41) is 9.94. The highest BCUT2D eigenvalue weighted by Crippen LogP contribution is 2.21. The van der Waals surface area contributed by atoms with Gasteiger partial charge >= 0.3 is 6.09 Å². The van der Waals surface area contributed by atoms with Gasteiger partial charge in [-0.15, -0.1) is 6.58 Å². The minimum Gasteiger partial charge on any atom is -0.447 e. The number of benzene rings is 1. The maximum atomic E-state index is 12.5. The predicted molar refractivity (Wildman–Crippen MR) is 82.1 cm³/mol. The molecule has 1 aliphatic rings. The Bertz CT molecular complexity index is 543. The molecule has 1 fully saturated rings. The van der Waals surface area contributed by atoms with Gasteiger partial charge in [0.25, 0.3) is 0 Å². The van der Waals surface area contributed by atoms with Crippen LogP contribution in [0.2, 0.25) is 0 Å². The van der Waals surface area contributed by atoms with Crippen molar-refractivity contribution >= 4 is 12.0 Å². The van der Waals surface area contributed by atoms with Crippen LogP contribution in [0.4, 0.5) is 4.79 Å². The van der Waals surface area contributed by atoms with Crippen LogP contribution in [0.3, 0.4) is 0 Å². The monoisotopic (exact) mass is 303 g/mol. The van der Waals surface area contributed by atoms with Gasteiger partial charge in [-0.3, -0.25) is 4.79 Å². The van der Waals surface area contributed by atoms with E-state index in [2.05, 4.69) is 6.58 Å². The molecule has 1 heterocycles. The van der Waals surface area contributed by atoms with Crippen molar-refractivity contribution in [3.8, 4) is 0 Å². The van der Waals surface area contributed by atoms with Gasteiger partial charge in [0.15, 0.2) is 0 Å². The molecule has 0 bridgehead atoms. The Morgan fingerprint density at radius 2 is 2.18 bits per heavy atom. The summed E-state index contributed by atoms with van der Waals surface area (Å²) in [6.07, 6.45) is 0.916. The topological polar surface area (TPSA) is 66.8 Å². The van der Waals surface area contributed by atoms with E-state index in [0.717, 1.165) is 10.5 Å². The molecule has 0 saturated carbocycles. The summed E-state index contributed by atoms with van der Waals surface area (Å²) < 4.78 is 5.03. The highest BCUT2D eigenvalue weighted by atomic mass is 16.6. The number of amides is 2. The number of hydrogen-bond acceptors (Lipinski definition) is 4. The number of ether oxygens (including phenoxy) is 1. The smallest absolute Gasteiger partial charge is 0.416 e. The molecule has 1 N–H and O–H groups in total. The first-order valence-electron chi connectivity index (χ1n) is 7.37. The molecule has 1 aromatic carbocycles. The van der Waals surface area contributed by atoms with Crippen LogP contribution in [0.1, 0.15) is 18.9 Å². The molecule has 2 rings (SSSR count). The third kappa shape index (κ3) is 3.54. The quantitative estimate of drug-likeness (QED) is 0.818. The summed E-state index contributed by atoms with van der Waals surface area (Å²) in [7, 11) is 0. The lowest BCUT2D eigenvalue weighted by atomic mass is 9.98. The Balaban J connectivity index is 2.10. The number of imide groups is 1. The van der Waals surface area contributed by atoms with Crippen LogP contribution in [-0.2, 0) is 16.0 Å². The highest BCUT2D eigenvalue weighted by molar-refractivity contribution is 5.95. The SMILES string of the molecule is C=CC[C@@H](O)[C@H](C)C(=O)N1C(=O)OC[C@@H]1Cc1ccccc1. The molecule has 2 amide bonds. The van der Waals surface area contributed by atoms with Gasteiger partial charge in [0.2, 0.25) is 5.91 Å². The summed E-state index contributed by atoms with van der Waals surface area (Å²) in [6.45, 7) is 5.35. The van der Waals surface area contributed by atoms with Crippen molar-refractivity contribution in [2.24, 2.45) is 5.92 Å². The molecule has 3 atom stereocenters. The molecule has 5 nitrogen and oxygen atoms in total. The molecular weight excluding hydrogens is 282 g/mol. The first-order chi connectivity index (χ1) is 10.5. The Kier molecular flexibility index (Phi) is 5.33. The Labute approximate surface area is 130 Å². The van der Waals surface area contributed by atoms with Crippen molar-refractivity contribution in [1.82, 2.24) is 4.90 Å². The van der Waals surface area contributed by atoms with E-state index < -0.39 is 24.0 Å². The second-order valence-corrected chi connectivity index (χ2v) is 5.51. The molecule has 0 aromatic heterocycles. The van der Waals surface area contributed by atoms with Crippen LogP contribution >= 0.6 is 0 Å². The summed E-state index contributed by atoms with van der Waals surface area (Å²) >= 11 is 0. The maximum Gasteiger partial charge on any atom is 0.416 e. The normalized spacial score (nSPS) is 20.4. The van der Waals surface area contributed by atoms with E-state index in [-0.39, 0.29) is 12.6 Å². The zero-order valence-corrected chi connectivity index (χ0v) is 12.6. The molecule has 118 valence electrons. The van der Waals surface area contributed by atoms with Gasteiger partial charge in [-0.2, -0.15) is 0 Å². The number of rotatable bonds is 6. The highest BCUT2D eigenvalue weighted by Gasteiger charge is 2.40. The van der Waals surface area contributed by atoms with Crippen LogP contribution in [0.5, 0.6) is 0 Å². The third-order valence-corrected chi connectivity index (χ3v) is 3.89. The van der Waals surface area contributed by atoms with Gasteiger partial charge in [0.1, 0.15) is 6.61 Å². The van der Waals surface area contributed by atoms with Crippen LogP contribution < -0.4 is 0 Å². The van der Waals surface area contributed by atoms with Crippen molar-refractivity contribution in [2.75, 3.05) is 6.61 Å².